The quantitative estimate of drug-likeness (QED) is 0.242. The summed E-state index contributed by atoms with van der Waals surface area (Å²) in [4.78, 5) is 43.4. The highest BCUT2D eigenvalue weighted by molar-refractivity contribution is 5.86. The number of anilines is 2. The number of hydrogen-bond donors (Lipinski definition) is 2. The molecule has 0 aromatic heterocycles. The van der Waals surface area contributed by atoms with Crippen LogP contribution in [0.15, 0.2) is 30.9 Å². The van der Waals surface area contributed by atoms with E-state index in [1.54, 1.807) is 13.1 Å². The molecule has 43 heavy (non-hydrogen) atoms. The van der Waals surface area contributed by atoms with Crippen LogP contribution in [0.1, 0.15) is 77.0 Å². The third-order valence-corrected chi connectivity index (χ3v) is 9.81. The van der Waals surface area contributed by atoms with Crippen molar-refractivity contribution < 1.29 is 19.1 Å². The number of piperidine rings is 2. The molecule has 2 heterocycles. The van der Waals surface area contributed by atoms with E-state index in [0.717, 1.165) is 76.9 Å². The fourth-order valence-electron chi connectivity index (χ4n) is 7.16. The first-order chi connectivity index (χ1) is 20.9. The Morgan fingerprint density at radius 3 is 2.40 bits per heavy atom. The van der Waals surface area contributed by atoms with E-state index in [2.05, 4.69) is 33.1 Å². The minimum absolute atomic E-state index is 0.0862. The highest BCUT2D eigenvalue weighted by Gasteiger charge is 2.28. The molecule has 3 aliphatic rings. The third-order valence-electron chi connectivity index (χ3n) is 9.81. The van der Waals surface area contributed by atoms with Crippen LogP contribution in [0.5, 0.6) is 5.75 Å². The van der Waals surface area contributed by atoms with Gasteiger partial charge in [-0.15, -0.1) is 6.58 Å². The molecular weight excluding hydrogens is 542 g/mol. The maximum atomic E-state index is 12.6. The van der Waals surface area contributed by atoms with E-state index in [0.29, 0.717) is 55.0 Å². The van der Waals surface area contributed by atoms with Crippen molar-refractivity contribution in [2.45, 2.75) is 89.1 Å². The normalized spacial score (nSPS) is 19.8. The van der Waals surface area contributed by atoms with Crippen molar-refractivity contribution in [3.05, 3.63) is 30.9 Å². The Hall–Kier alpha value is -3.07. The number of carbonyl (C=O) groups excluding carboxylic acids is 3. The van der Waals surface area contributed by atoms with Gasteiger partial charge in [0.05, 0.1) is 5.69 Å². The van der Waals surface area contributed by atoms with Crippen LogP contribution >= 0.6 is 0 Å². The lowest BCUT2D eigenvalue weighted by Gasteiger charge is -2.38. The number of allylic oxidation sites excluding steroid dienone is 1. The fourth-order valence-corrected chi connectivity index (χ4v) is 7.16. The molecule has 9 heteroatoms. The highest BCUT2D eigenvalue weighted by atomic mass is 16.5. The number of likely N-dealkylation sites (N-methyl/N-ethyl adjacent to an activating group) is 2. The van der Waals surface area contributed by atoms with Gasteiger partial charge in [0.2, 0.25) is 11.8 Å². The molecule has 1 atom stereocenters. The molecule has 3 fully saturated rings. The third kappa shape index (κ3) is 9.46. The van der Waals surface area contributed by atoms with Crippen molar-refractivity contribution in [2.24, 2.45) is 11.8 Å². The SMILES string of the molecule is C=CCCC(C(=O)NC)N(C)c1ccc(N2CCC(CN3CCC(CC(=O)NC4CCCCC4)CC3)CC2)cc1OC=O. The van der Waals surface area contributed by atoms with Gasteiger partial charge in [0.25, 0.3) is 6.47 Å². The molecule has 1 saturated carbocycles. The lowest BCUT2D eigenvalue weighted by molar-refractivity contribution is -0.123. The second-order valence-electron chi connectivity index (χ2n) is 12.8. The van der Waals surface area contributed by atoms with Gasteiger partial charge in [0.1, 0.15) is 6.04 Å². The first-order valence-electron chi connectivity index (χ1n) is 16.5. The summed E-state index contributed by atoms with van der Waals surface area (Å²) in [6.45, 7) is 9.46. The number of hydrogen-bond acceptors (Lipinski definition) is 7. The number of rotatable bonds is 14. The molecule has 1 aromatic carbocycles. The minimum atomic E-state index is -0.401. The molecule has 1 aromatic rings. The fraction of sp³-hybridized carbons (Fsp3) is 0.676. The van der Waals surface area contributed by atoms with Crippen LogP contribution in [-0.4, -0.2) is 82.1 Å². The number of nitrogens with one attached hydrogen (secondary N) is 2. The lowest BCUT2D eigenvalue weighted by Crippen LogP contribution is -2.44. The van der Waals surface area contributed by atoms with E-state index >= 15 is 0 Å². The molecule has 2 aliphatic heterocycles. The summed E-state index contributed by atoms with van der Waals surface area (Å²) in [6, 6.07) is 5.94. The van der Waals surface area contributed by atoms with Gasteiger partial charge in [-0.1, -0.05) is 25.3 Å². The summed E-state index contributed by atoms with van der Waals surface area (Å²) in [5, 5.41) is 6.04. The van der Waals surface area contributed by atoms with E-state index in [4.69, 9.17) is 4.74 Å². The van der Waals surface area contributed by atoms with Crippen LogP contribution in [0.2, 0.25) is 0 Å². The minimum Gasteiger partial charge on any atom is -0.426 e. The van der Waals surface area contributed by atoms with Gasteiger partial charge < -0.3 is 30.1 Å². The van der Waals surface area contributed by atoms with Gasteiger partial charge in [-0.3, -0.25) is 14.4 Å². The zero-order valence-corrected chi connectivity index (χ0v) is 26.4. The number of nitrogens with zero attached hydrogens (tertiary/aromatic N) is 3. The number of likely N-dealkylation sites (tertiary alicyclic amines) is 1. The van der Waals surface area contributed by atoms with E-state index in [1.165, 1.54) is 19.3 Å². The first kappa shape index (κ1) is 32.8. The van der Waals surface area contributed by atoms with E-state index in [1.807, 2.05) is 24.1 Å². The van der Waals surface area contributed by atoms with Crippen molar-refractivity contribution in [3.63, 3.8) is 0 Å². The van der Waals surface area contributed by atoms with E-state index < -0.39 is 6.04 Å². The van der Waals surface area contributed by atoms with Gasteiger partial charge in [0.15, 0.2) is 5.75 Å². The van der Waals surface area contributed by atoms with Crippen LogP contribution in [0.25, 0.3) is 0 Å². The average Bonchev–Trinajstić information content (AvgIpc) is 3.03. The number of ether oxygens (including phenoxy) is 1. The van der Waals surface area contributed by atoms with Crippen LogP contribution < -0.4 is 25.2 Å². The van der Waals surface area contributed by atoms with E-state index in [9.17, 15) is 14.4 Å². The summed E-state index contributed by atoms with van der Waals surface area (Å²) < 4.78 is 5.42. The molecular formula is C34H53N5O4. The Morgan fingerprint density at radius 1 is 1.05 bits per heavy atom. The highest BCUT2D eigenvalue weighted by Crippen LogP contribution is 2.35. The molecule has 2 N–H and O–H groups in total. The summed E-state index contributed by atoms with van der Waals surface area (Å²) in [7, 11) is 3.49. The largest absolute Gasteiger partial charge is 0.426 e. The smallest absolute Gasteiger partial charge is 0.298 e. The van der Waals surface area contributed by atoms with Gasteiger partial charge in [0, 0.05) is 57.9 Å². The molecule has 4 rings (SSSR count). The first-order valence-corrected chi connectivity index (χ1v) is 16.5. The molecule has 1 aliphatic carbocycles. The Morgan fingerprint density at radius 2 is 1.74 bits per heavy atom. The Balaban J connectivity index is 1.24. The number of amides is 2. The van der Waals surface area contributed by atoms with Crippen LogP contribution in [-0.2, 0) is 14.4 Å². The van der Waals surface area contributed by atoms with Gasteiger partial charge in [-0.2, -0.15) is 0 Å². The monoisotopic (exact) mass is 595 g/mol. The van der Waals surface area contributed by atoms with Crippen LogP contribution in [0.3, 0.4) is 0 Å². The maximum Gasteiger partial charge on any atom is 0.298 e. The average molecular weight is 596 g/mol. The summed E-state index contributed by atoms with van der Waals surface area (Å²) in [6.07, 6.45) is 14.4. The predicted molar refractivity (Wildman–Crippen MR) is 173 cm³/mol. The van der Waals surface area contributed by atoms with Gasteiger partial charge >= 0.3 is 0 Å². The Kier molecular flexibility index (Phi) is 12.7. The lowest BCUT2D eigenvalue weighted by atomic mass is 9.90. The van der Waals surface area contributed by atoms with E-state index in [-0.39, 0.29) is 11.8 Å². The maximum absolute atomic E-state index is 12.6. The molecule has 2 saturated heterocycles. The summed E-state index contributed by atoms with van der Waals surface area (Å²) >= 11 is 0. The van der Waals surface area contributed by atoms with Crippen LogP contribution in [0, 0.1) is 11.8 Å². The van der Waals surface area contributed by atoms with Gasteiger partial charge in [-0.05, 0) is 88.4 Å². The molecule has 238 valence electrons. The Bertz CT molecular complexity index is 1060. The predicted octanol–water partition coefficient (Wildman–Crippen LogP) is 4.51. The molecule has 0 radical (unpaired) electrons. The zero-order chi connectivity index (χ0) is 30.6. The Labute approximate surface area is 258 Å². The second kappa shape index (κ2) is 16.7. The van der Waals surface area contributed by atoms with Crippen molar-refractivity contribution in [3.8, 4) is 5.75 Å². The van der Waals surface area contributed by atoms with Crippen molar-refractivity contribution in [2.75, 3.05) is 56.6 Å². The molecule has 9 nitrogen and oxygen atoms in total. The topological polar surface area (TPSA) is 94.2 Å². The summed E-state index contributed by atoms with van der Waals surface area (Å²) in [5.41, 5.74) is 1.74. The van der Waals surface area contributed by atoms with Crippen molar-refractivity contribution in [1.82, 2.24) is 15.5 Å². The molecule has 0 bridgehead atoms. The molecule has 1 unspecified atom stereocenters. The number of carbonyl (C=O) groups is 3. The molecule has 2 amide bonds. The van der Waals surface area contributed by atoms with Crippen molar-refractivity contribution >= 4 is 29.7 Å². The molecule has 0 spiro atoms. The van der Waals surface area contributed by atoms with Crippen molar-refractivity contribution in [1.29, 1.82) is 0 Å². The summed E-state index contributed by atoms with van der Waals surface area (Å²) in [5.74, 6) is 1.81. The van der Waals surface area contributed by atoms with Gasteiger partial charge in [-0.25, -0.2) is 0 Å². The number of benzene rings is 1. The zero-order valence-electron chi connectivity index (χ0n) is 26.4. The van der Waals surface area contributed by atoms with Crippen LogP contribution in [0.4, 0.5) is 11.4 Å². The second-order valence-corrected chi connectivity index (χ2v) is 12.8. The standard InChI is InChI=1S/C34H53N5O4/c1-4-5-11-31(34(42)35-2)37(3)30-13-12-29(23-32(30)43-25-40)39-20-16-27(17-21-39)24-38-18-14-26(15-19-38)22-33(41)36-28-9-7-6-8-10-28/h4,12-13,23,25-28,31H,1,5-11,14-22,24H2,2-3H3,(H,35,42)(H,36,41).